The van der Waals surface area contributed by atoms with E-state index < -0.39 is 5.97 Å². The second kappa shape index (κ2) is 6.78. The summed E-state index contributed by atoms with van der Waals surface area (Å²) < 4.78 is 11.1. The monoisotopic (exact) mass is 284 g/mol. The van der Waals surface area contributed by atoms with Crippen molar-refractivity contribution in [3.05, 3.63) is 28.8 Å². The summed E-state index contributed by atoms with van der Waals surface area (Å²) in [6, 6.07) is 4.68. The maximum atomic E-state index is 10.9. The van der Waals surface area contributed by atoms with Gasteiger partial charge in [-0.15, -0.1) is 0 Å². The van der Waals surface area contributed by atoms with Crippen LogP contribution in [-0.2, 0) is 4.74 Å². The number of carbonyl (C=O) groups is 1. The number of carboxylic acids is 1. The Bertz CT molecular complexity index is 441. The Morgan fingerprint density at radius 1 is 1.53 bits per heavy atom. The van der Waals surface area contributed by atoms with E-state index in [1.165, 1.54) is 6.07 Å². The van der Waals surface area contributed by atoms with Gasteiger partial charge in [-0.3, -0.25) is 0 Å². The van der Waals surface area contributed by atoms with Crippen LogP contribution in [0.4, 0.5) is 0 Å². The lowest BCUT2D eigenvalue weighted by Gasteiger charge is -2.10. The smallest absolute Gasteiger partial charge is 0.337 e. The van der Waals surface area contributed by atoms with Gasteiger partial charge in [0.2, 0.25) is 0 Å². The van der Waals surface area contributed by atoms with E-state index in [4.69, 9.17) is 26.2 Å². The molecular formula is C14H17ClO4. The van der Waals surface area contributed by atoms with Crippen LogP contribution < -0.4 is 4.74 Å². The third-order valence-corrected chi connectivity index (χ3v) is 3.46. The van der Waals surface area contributed by atoms with Crippen molar-refractivity contribution in [3.63, 3.8) is 0 Å². The zero-order valence-corrected chi connectivity index (χ0v) is 11.4. The molecule has 104 valence electrons. The molecule has 5 heteroatoms. The van der Waals surface area contributed by atoms with E-state index in [2.05, 4.69) is 0 Å². The van der Waals surface area contributed by atoms with E-state index in [-0.39, 0.29) is 10.6 Å². The number of benzene rings is 1. The maximum absolute atomic E-state index is 10.9. The van der Waals surface area contributed by atoms with Gasteiger partial charge in [-0.05, 0) is 43.9 Å². The van der Waals surface area contributed by atoms with Crippen molar-refractivity contribution in [2.75, 3.05) is 13.2 Å². The highest BCUT2D eigenvalue weighted by molar-refractivity contribution is 6.33. The van der Waals surface area contributed by atoms with E-state index in [9.17, 15) is 4.79 Å². The van der Waals surface area contributed by atoms with Crippen molar-refractivity contribution >= 4 is 17.6 Å². The highest BCUT2D eigenvalue weighted by atomic mass is 35.5. The first kappa shape index (κ1) is 14.2. The summed E-state index contributed by atoms with van der Waals surface area (Å²) in [6.07, 6.45) is 4.52. The van der Waals surface area contributed by atoms with Gasteiger partial charge in [-0.1, -0.05) is 11.6 Å². The minimum absolute atomic E-state index is 0.0679. The number of aromatic carboxylic acids is 1. The second-order valence-corrected chi connectivity index (χ2v) is 4.98. The zero-order chi connectivity index (χ0) is 13.7. The van der Waals surface area contributed by atoms with E-state index in [0.717, 1.165) is 32.3 Å². The zero-order valence-electron chi connectivity index (χ0n) is 10.6. The molecule has 2 rings (SSSR count). The quantitative estimate of drug-likeness (QED) is 0.814. The minimum atomic E-state index is -1.05. The van der Waals surface area contributed by atoms with Crippen LogP contribution >= 0.6 is 11.6 Å². The summed E-state index contributed by atoms with van der Waals surface area (Å²) in [5.74, 6) is -0.510. The van der Waals surface area contributed by atoms with Crippen molar-refractivity contribution < 1.29 is 19.4 Å². The molecule has 0 aromatic heterocycles. The molecule has 0 spiro atoms. The van der Waals surface area contributed by atoms with Crippen LogP contribution in [0.1, 0.15) is 36.0 Å². The summed E-state index contributed by atoms with van der Waals surface area (Å²) in [7, 11) is 0. The Morgan fingerprint density at radius 2 is 2.37 bits per heavy atom. The van der Waals surface area contributed by atoms with Crippen LogP contribution in [0, 0.1) is 0 Å². The molecule has 0 saturated carbocycles. The Morgan fingerprint density at radius 3 is 3.05 bits per heavy atom. The number of hydrogen-bond acceptors (Lipinski definition) is 3. The largest absolute Gasteiger partial charge is 0.494 e. The molecule has 0 amide bonds. The van der Waals surface area contributed by atoms with Crippen LogP contribution in [0.15, 0.2) is 18.2 Å². The molecule has 1 aromatic carbocycles. The van der Waals surface area contributed by atoms with Gasteiger partial charge in [-0.25, -0.2) is 4.79 Å². The molecule has 1 atom stereocenters. The fourth-order valence-electron chi connectivity index (χ4n) is 2.13. The molecule has 19 heavy (non-hydrogen) atoms. The maximum Gasteiger partial charge on any atom is 0.337 e. The summed E-state index contributed by atoms with van der Waals surface area (Å²) in [6.45, 7) is 1.42. The van der Waals surface area contributed by atoms with E-state index in [1.807, 2.05) is 0 Å². The molecular weight excluding hydrogens is 268 g/mol. The average Bonchev–Trinajstić information content (AvgIpc) is 2.89. The number of carboxylic acid groups (broad SMARTS) is 1. The van der Waals surface area contributed by atoms with Gasteiger partial charge in [0.1, 0.15) is 5.75 Å². The van der Waals surface area contributed by atoms with E-state index in [1.54, 1.807) is 12.1 Å². The van der Waals surface area contributed by atoms with Gasteiger partial charge >= 0.3 is 5.97 Å². The molecule has 0 radical (unpaired) electrons. The lowest BCUT2D eigenvalue weighted by atomic mass is 10.1. The third kappa shape index (κ3) is 4.11. The van der Waals surface area contributed by atoms with Crippen molar-refractivity contribution in [3.8, 4) is 5.75 Å². The Hall–Kier alpha value is -1.26. The molecule has 1 aliphatic heterocycles. The van der Waals surface area contributed by atoms with Crippen molar-refractivity contribution in [2.45, 2.75) is 31.8 Å². The van der Waals surface area contributed by atoms with Crippen molar-refractivity contribution in [1.29, 1.82) is 0 Å². The molecule has 1 aliphatic rings. The molecule has 1 N–H and O–H groups in total. The molecule has 4 nitrogen and oxygen atoms in total. The average molecular weight is 285 g/mol. The lowest BCUT2D eigenvalue weighted by molar-refractivity contribution is 0.0696. The van der Waals surface area contributed by atoms with Gasteiger partial charge in [-0.2, -0.15) is 0 Å². The topological polar surface area (TPSA) is 55.8 Å². The fraction of sp³-hybridized carbons (Fsp3) is 0.500. The number of ether oxygens (including phenoxy) is 2. The van der Waals surface area contributed by atoms with Gasteiger partial charge < -0.3 is 14.6 Å². The summed E-state index contributed by atoms with van der Waals surface area (Å²) in [5.41, 5.74) is 0.0679. The first-order valence-corrected chi connectivity index (χ1v) is 6.82. The van der Waals surface area contributed by atoms with Crippen LogP contribution in [-0.4, -0.2) is 30.4 Å². The lowest BCUT2D eigenvalue weighted by Crippen LogP contribution is -2.08. The normalized spacial score (nSPS) is 18.5. The summed E-state index contributed by atoms with van der Waals surface area (Å²) in [4.78, 5) is 10.9. The highest BCUT2D eigenvalue weighted by Crippen LogP contribution is 2.23. The van der Waals surface area contributed by atoms with Crippen LogP contribution in [0.2, 0.25) is 5.02 Å². The minimum Gasteiger partial charge on any atom is -0.494 e. The second-order valence-electron chi connectivity index (χ2n) is 4.57. The highest BCUT2D eigenvalue weighted by Gasteiger charge is 2.15. The van der Waals surface area contributed by atoms with E-state index >= 15 is 0 Å². The van der Waals surface area contributed by atoms with Gasteiger partial charge in [0, 0.05) is 6.61 Å². The molecule has 1 heterocycles. The van der Waals surface area contributed by atoms with E-state index in [0.29, 0.717) is 18.5 Å². The Labute approximate surface area is 117 Å². The van der Waals surface area contributed by atoms with Crippen LogP contribution in [0.3, 0.4) is 0 Å². The molecule has 0 bridgehead atoms. The van der Waals surface area contributed by atoms with Gasteiger partial charge in [0.15, 0.2) is 0 Å². The Balaban J connectivity index is 1.79. The molecule has 0 aliphatic carbocycles. The molecule has 1 unspecified atom stereocenters. The SMILES string of the molecule is O=C(O)c1cc(OCCCC2CCCO2)ccc1Cl. The Kier molecular flexibility index (Phi) is 5.05. The first-order valence-electron chi connectivity index (χ1n) is 6.44. The predicted molar refractivity (Wildman–Crippen MR) is 72.1 cm³/mol. The first-order chi connectivity index (χ1) is 9.16. The fourth-order valence-corrected chi connectivity index (χ4v) is 2.33. The summed E-state index contributed by atoms with van der Waals surface area (Å²) in [5, 5.41) is 9.17. The molecule has 1 saturated heterocycles. The van der Waals surface area contributed by atoms with Crippen LogP contribution in [0.5, 0.6) is 5.75 Å². The van der Waals surface area contributed by atoms with Crippen LogP contribution in [0.25, 0.3) is 0 Å². The summed E-state index contributed by atoms with van der Waals surface area (Å²) >= 11 is 5.79. The number of rotatable bonds is 6. The number of halogens is 1. The predicted octanol–water partition coefficient (Wildman–Crippen LogP) is 3.38. The van der Waals surface area contributed by atoms with Crippen molar-refractivity contribution in [1.82, 2.24) is 0 Å². The third-order valence-electron chi connectivity index (χ3n) is 3.13. The number of hydrogen-bond donors (Lipinski definition) is 1. The van der Waals surface area contributed by atoms with Gasteiger partial charge in [0.25, 0.3) is 0 Å². The standard InChI is InChI=1S/C14H17ClO4/c15-13-6-5-11(9-12(13)14(16)17)19-8-2-4-10-3-1-7-18-10/h5-6,9-10H,1-4,7-8H2,(H,16,17). The molecule has 1 aromatic rings. The van der Waals surface area contributed by atoms with Crippen molar-refractivity contribution in [2.24, 2.45) is 0 Å². The van der Waals surface area contributed by atoms with Gasteiger partial charge in [0.05, 0.1) is 23.3 Å². The molecule has 1 fully saturated rings.